The van der Waals surface area contributed by atoms with Crippen molar-refractivity contribution in [2.75, 3.05) is 14.1 Å². The maximum atomic E-state index is 11.3. The van der Waals surface area contributed by atoms with E-state index in [2.05, 4.69) is 8.75 Å². The number of rotatable bonds is 2. The summed E-state index contributed by atoms with van der Waals surface area (Å²) in [4.78, 5) is 23.5. The molecular formula is C6H8N4O2S2. The van der Waals surface area contributed by atoms with E-state index in [1.807, 2.05) is 0 Å². The number of thioether (sulfide) groups is 1. The Morgan fingerprint density at radius 2 is 2.07 bits per heavy atom. The normalized spacial score (nSPS) is 9.86. The van der Waals surface area contributed by atoms with Gasteiger partial charge in [-0.3, -0.25) is 9.59 Å². The third kappa shape index (κ3) is 2.42. The molecule has 0 aliphatic carbocycles. The fourth-order valence-electron chi connectivity index (χ4n) is 0.572. The van der Waals surface area contributed by atoms with Crippen molar-refractivity contribution >= 4 is 34.6 Å². The highest BCUT2D eigenvalue weighted by atomic mass is 32.2. The quantitative estimate of drug-likeness (QED) is 0.746. The monoisotopic (exact) mass is 232 g/mol. The van der Waals surface area contributed by atoms with Crippen molar-refractivity contribution in [2.45, 2.75) is 5.03 Å². The fraction of sp³-hybridized carbons (Fsp3) is 0.333. The lowest BCUT2D eigenvalue weighted by Gasteiger charge is -2.07. The molecule has 2 amide bonds. The second-order valence-corrected chi connectivity index (χ2v) is 4.01. The number of primary amides is 1. The number of hydrogen-bond donors (Lipinski definition) is 1. The lowest BCUT2D eigenvalue weighted by Crippen LogP contribution is -2.18. The molecule has 0 aliphatic heterocycles. The maximum absolute atomic E-state index is 11.3. The van der Waals surface area contributed by atoms with Crippen LogP contribution in [0.15, 0.2) is 5.03 Å². The zero-order valence-electron chi connectivity index (χ0n) is 7.55. The van der Waals surface area contributed by atoms with Crippen molar-refractivity contribution in [1.29, 1.82) is 0 Å². The summed E-state index contributed by atoms with van der Waals surface area (Å²) in [6, 6.07) is 0. The molecule has 0 saturated heterocycles. The molecule has 1 aromatic heterocycles. The Morgan fingerprint density at radius 1 is 1.43 bits per heavy atom. The first-order chi connectivity index (χ1) is 6.52. The second-order valence-electron chi connectivity index (χ2n) is 2.54. The van der Waals surface area contributed by atoms with Gasteiger partial charge in [-0.15, -0.1) is 0 Å². The summed E-state index contributed by atoms with van der Waals surface area (Å²) in [5, 5.41) is 0.0430. The van der Waals surface area contributed by atoms with E-state index in [1.165, 1.54) is 4.90 Å². The van der Waals surface area contributed by atoms with Crippen LogP contribution in [-0.2, 0) is 0 Å². The highest BCUT2D eigenvalue weighted by Gasteiger charge is 2.18. The molecule has 76 valence electrons. The molecule has 8 heteroatoms. The summed E-state index contributed by atoms with van der Waals surface area (Å²) in [5.74, 6) is -0.673. The first-order valence-corrected chi connectivity index (χ1v) is 5.08. The molecule has 0 saturated carbocycles. The van der Waals surface area contributed by atoms with Gasteiger partial charge in [0, 0.05) is 14.1 Å². The molecule has 1 aromatic rings. The predicted molar refractivity (Wildman–Crippen MR) is 53.4 cm³/mol. The van der Waals surface area contributed by atoms with Crippen molar-refractivity contribution in [2.24, 2.45) is 5.73 Å². The third-order valence-electron chi connectivity index (χ3n) is 1.24. The van der Waals surface area contributed by atoms with Gasteiger partial charge in [0.2, 0.25) is 0 Å². The topological polar surface area (TPSA) is 89.2 Å². The Hall–Kier alpha value is -1.15. The van der Waals surface area contributed by atoms with Crippen molar-refractivity contribution in [3.05, 3.63) is 5.69 Å². The van der Waals surface area contributed by atoms with Gasteiger partial charge in [0.1, 0.15) is 0 Å². The van der Waals surface area contributed by atoms with Crippen molar-refractivity contribution in [3.63, 3.8) is 0 Å². The molecule has 0 aromatic carbocycles. The minimum atomic E-state index is -0.673. The number of hydrogen-bond acceptors (Lipinski definition) is 6. The van der Waals surface area contributed by atoms with Gasteiger partial charge in [-0.1, -0.05) is 0 Å². The summed E-state index contributed by atoms with van der Waals surface area (Å²) < 4.78 is 7.50. The number of carbonyl (C=O) groups is 2. The van der Waals surface area contributed by atoms with Gasteiger partial charge >= 0.3 is 0 Å². The highest BCUT2D eigenvalue weighted by molar-refractivity contribution is 8.13. The molecule has 6 nitrogen and oxygen atoms in total. The highest BCUT2D eigenvalue weighted by Crippen LogP contribution is 2.22. The Labute approximate surface area is 88.8 Å². The molecule has 0 fully saturated rings. The van der Waals surface area contributed by atoms with Crippen LogP contribution in [0.1, 0.15) is 10.5 Å². The van der Waals surface area contributed by atoms with Crippen LogP contribution in [0.2, 0.25) is 0 Å². The average Bonchev–Trinajstić information content (AvgIpc) is 2.52. The standard InChI is InChI=1S/C6H8N4O2S2/c1-10(2)6(12)13-5-3(4(7)11)8-14-9-5/h1-2H3,(H2,7,11). The van der Waals surface area contributed by atoms with E-state index in [-0.39, 0.29) is 16.0 Å². The second kappa shape index (κ2) is 4.38. The van der Waals surface area contributed by atoms with Gasteiger partial charge in [-0.05, 0) is 11.8 Å². The van der Waals surface area contributed by atoms with Gasteiger partial charge in [0.15, 0.2) is 10.7 Å². The molecule has 0 bridgehead atoms. The molecule has 1 rings (SSSR count). The van der Waals surface area contributed by atoms with Crippen molar-refractivity contribution in [3.8, 4) is 0 Å². The number of carbonyl (C=O) groups excluding carboxylic acids is 2. The SMILES string of the molecule is CN(C)C(=O)Sc1nsnc1C(N)=O. The van der Waals surface area contributed by atoms with Crippen LogP contribution in [0.25, 0.3) is 0 Å². The van der Waals surface area contributed by atoms with Gasteiger partial charge in [-0.25, -0.2) is 0 Å². The van der Waals surface area contributed by atoms with E-state index < -0.39 is 5.91 Å². The Morgan fingerprint density at radius 3 is 2.57 bits per heavy atom. The molecule has 14 heavy (non-hydrogen) atoms. The van der Waals surface area contributed by atoms with E-state index in [0.717, 1.165) is 23.5 Å². The van der Waals surface area contributed by atoms with E-state index >= 15 is 0 Å². The number of nitrogens with two attached hydrogens (primary N) is 1. The number of nitrogens with zero attached hydrogens (tertiary/aromatic N) is 3. The van der Waals surface area contributed by atoms with E-state index in [9.17, 15) is 9.59 Å². The molecule has 0 unspecified atom stereocenters. The molecule has 0 atom stereocenters. The summed E-state index contributed by atoms with van der Waals surface area (Å²) >= 11 is 1.69. The zero-order valence-corrected chi connectivity index (χ0v) is 9.18. The number of amides is 2. The third-order valence-corrected chi connectivity index (χ3v) is 2.90. The molecule has 0 aliphatic rings. The van der Waals surface area contributed by atoms with Gasteiger partial charge in [-0.2, -0.15) is 8.75 Å². The minimum Gasteiger partial charge on any atom is -0.364 e. The van der Waals surface area contributed by atoms with Crippen molar-refractivity contribution < 1.29 is 9.59 Å². The minimum absolute atomic E-state index is 0.0511. The van der Waals surface area contributed by atoms with Crippen LogP contribution < -0.4 is 5.73 Å². The van der Waals surface area contributed by atoms with Crippen LogP contribution in [0, 0.1) is 0 Å². The van der Waals surface area contributed by atoms with E-state index in [4.69, 9.17) is 5.73 Å². The van der Waals surface area contributed by atoms with Crippen LogP contribution >= 0.6 is 23.5 Å². The number of aromatic nitrogens is 2. The Balaban J connectivity index is 2.82. The Kier molecular flexibility index (Phi) is 3.42. The lowest BCUT2D eigenvalue weighted by molar-refractivity contribution is 0.0993. The van der Waals surface area contributed by atoms with Crippen LogP contribution in [0.4, 0.5) is 4.79 Å². The maximum Gasteiger partial charge on any atom is 0.287 e. The van der Waals surface area contributed by atoms with Crippen molar-refractivity contribution in [1.82, 2.24) is 13.6 Å². The predicted octanol–water partition coefficient (Wildman–Crippen LogP) is 0.411. The summed E-state index contributed by atoms with van der Waals surface area (Å²) in [6.45, 7) is 0. The van der Waals surface area contributed by atoms with E-state index in [1.54, 1.807) is 14.1 Å². The van der Waals surface area contributed by atoms with E-state index in [0.29, 0.717) is 0 Å². The first-order valence-electron chi connectivity index (χ1n) is 3.54. The zero-order chi connectivity index (χ0) is 10.7. The molecule has 0 radical (unpaired) electrons. The molecule has 1 heterocycles. The van der Waals surface area contributed by atoms with Crippen LogP contribution in [0.5, 0.6) is 0 Å². The van der Waals surface area contributed by atoms with Crippen LogP contribution in [0.3, 0.4) is 0 Å². The lowest BCUT2D eigenvalue weighted by atomic mass is 10.5. The molecule has 0 spiro atoms. The fourth-order valence-corrected chi connectivity index (χ4v) is 1.93. The van der Waals surface area contributed by atoms with Crippen LogP contribution in [-0.4, -0.2) is 38.9 Å². The largest absolute Gasteiger partial charge is 0.364 e. The Bertz CT molecular complexity index is 362. The smallest absolute Gasteiger partial charge is 0.287 e. The summed E-state index contributed by atoms with van der Waals surface area (Å²) in [6.07, 6.45) is 0. The van der Waals surface area contributed by atoms with Gasteiger partial charge in [0.05, 0.1) is 11.7 Å². The summed E-state index contributed by atoms with van der Waals surface area (Å²) in [7, 11) is 3.22. The summed E-state index contributed by atoms with van der Waals surface area (Å²) in [5.41, 5.74) is 5.09. The molecule has 2 N–H and O–H groups in total. The van der Waals surface area contributed by atoms with Gasteiger partial charge in [0.25, 0.3) is 11.1 Å². The van der Waals surface area contributed by atoms with Gasteiger partial charge < -0.3 is 10.6 Å². The molecular weight excluding hydrogens is 224 g/mol. The average molecular weight is 232 g/mol. The first kappa shape index (κ1) is 10.9.